The molecule has 29 heavy (non-hydrogen) atoms. The van der Waals surface area contributed by atoms with Crippen molar-refractivity contribution in [1.29, 1.82) is 0 Å². The molecule has 2 saturated heterocycles. The number of piperidine rings is 1. The van der Waals surface area contributed by atoms with Crippen molar-refractivity contribution in [2.24, 2.45) is 0 Å². The Morgan fingerprint density at radius 2 is 2.03 bits per heavy atom. The summed E-state index contributed by atoms with van der Waals surface area (Å²) in [7, 11) is 0. The molecule has 1 unspecified atom stereocenters. The van der Waals surface area contributed by atoms with Crippen LogP contribution < -0.4 is 10.2 Å². The Morgan fingerprint density at radius 1 is 1.21 bits per heavy atom. The number of anilines is 1. The number of carbonyl (C=O) groups is 1. The molecule has 2 aliphatic heterocycles. The van der Waals surface area contributed by atoms with Gasteiger partial charge >= 0.3 is 0 Å². The molecule has 0 bridgehead atoms. The zero-order valence-corrected chi connectivity index (χ0v) is 18.3. The van der Waals surface area contributed by atoms with E-state index in [1.54, 1.807) is 6.92 Å². The fourth-order valence-electron chi connectivity index (χ4n) is 4.55. The second-order valence-corrected chi connectivity index (χ2v) is 9.50. The number of ether oxygens (including phenoxy) is 1. The number of hydrogen-bond acceptors (Lipinski definition) is 5. The van der Waals surface area contributed by atoms with E-state index in [0.29, 0.717) is 0 Å². The highest BCUT2D eigenvalue weighted by atomic mass is 32.1. The molecule has 3 heterocycles. The monoisotopic (exact) mass is 413 g/mol. The molecule has 1 atom stereocenters. The quantitative estimate of drug-likeness (QED) is 0.811. The number of thiophene rings is 1. The van der Waals surface area contributed by atoms with E-state index in [4.69, 9.17) is 4.74 Å². The Kier molecular flexibility index (Phi) is 6.23. The van der Waals surface area contributed by atoms with Crippen LogP contribution in [0.25, 0.3) is 11.1 Å². The molecule has 0 saturated carbocycles. The van der Waals surface area contributed by atoms with E-state index < -0.39 is 0 Å². The standard InChI is InChI=1S/C23H31N3O2S/c1-18(27)24-23(2)7-4-8-25(17-23)15-22-14-20(16-29-22)19-5-3-6-21(13-19)26-9-11-28-12-10-26/h3,5-6,13-14,16H,4,7-12,15,17H2,1-2H3,(H,24,27). The molecule has 2 aromatic rings. The van der Waals surface area contributed by atoms with Crippen molar-refractivity contribution in [3.8, 4) is 11.1 Å². The highest BCUT2D eigenvalue weighted by molar-refractivity contribution is 7.10. The van der Waals surface area contributed by atoms with Gasteiger partial charge < -0.3 is 15.0 Å². The molecule has 0 aliphatic carbocycles. The van der Waals surface area contributed by atoms with Crippen LogP contribution >= 0.6 is 11.3 Å². The topological polar surface area (TPSA) is 44.8 Å². The van der Waals surface area contributed by atoms with Crippen molar-refractivity contribution >= 4 is 22.9 Å². The van der Waals surface area contributed by atoms with Gasteiger partial charge in [0.25, 0.3) is 0 Å². The Hall–Kier alpha value is -1.89. The Morgan fingerprint density at radius 3 is 2.83 bits per heavy atom. The molecule has 1 N–H and O–H groups in total. The van der Waals surface area contributed by atoms with Gasteiger partial charge in [-0.1, -0.05) is 12.1 Å². The summed E-state index contributed by atoms with van der Waals surface area (Å²) in [5, 5.41) is 5.42. The number of nitrogens with zero attached hydrogens (tertiary/aromatic N) is 2. The number of carbonyl (C=O) groups excluding carboxylic acids is 1. The van der Waals surface area contributed by atoms with Gasteiger partial charge in [-0.3, -0.25) is 9.69 Å². The largest absolute Gasteiger partial charge is 0.378 e. The van der Waals surface area contributed by atoms with Gasteiger partial charge in [0.05, 0.1) is 13.2 Å². The third kappa shape index (κ3) is 5.18. The lowest BCUT2D eigenvalue weighted by molar-refractivity contribution is -0.121. The summed E-state index contributed by atoms with van der Waals surface area (Å²) in [5.41, 5.74) is 3.73. The van der Waals surface area contributed by atoms with Crippen LogP contribution in [-0.4, -0.2) is 55.7 Å². The fraction of sp³-hybridized carbons (Fsp3) is 0.522. The van der Waals surface area contributed by atoms with Crippen LogP contribution in [-0.2, 0) is 16.1 Å². The van der Waals surface area contributed by atoms with E-state index in [9.17, 15) is 4.79 Å². The summed E-state index contributed by atoms with van der Waals surface area (Å²) >= 11 is 1.83. The molecule has 1 aromatic carbocycles. The van der Waals surface area contributed by atoms with Crippen molar-refractivity contribution in [1.82, 2.24) is 10.2 Å². The lowest BCUT2D eigenvalue weighted by Gasteiger charge is -2.40. The summed E-state index contributed by atoms with van der Waals surface area (Å²) in [5.74, 6) is 0.0629. The number of likely N-dealkylation sites (tertiary alicyclic amines) is 1. The lowest BCUT2D eigenvalue weighted by Crippen LogP contribution is -2.56. The van der Waals surface area contributed by atoms with Gasteiger partial charge in [0.15, 0.2) is 0 Å². The van der Waals surface area contributed by atoms with Gasteiger partial charge in [-0.2, -0.15) is 0 Å². The van der Waals surface area contributed by atoms with Gasteiger partial charge in [-0.25, -0.2) is 0 Å². The van der Waals surface area contributed by atoms with Crippen LogP contribution in [0.2, 0.25) is 0 Å². The minimum atomic E-state index is -0.114. The van der Waals surface area contributed by atoms with Gasteiger partial charge in [0.1, 0.15) is 0 Å². The highest BCUT2D eigenvalue weighted by Crippen LogP contribution is 2.31. The molecule has 4 rings (SSSR count). The Balaban J connectivity index is 1.43. The van der Waals surface area contributed by atoms with Gasteiger partial charge in [0, 0.05) is 49.2 Å². The van der Waals surface area contributed by atoms with E-state index in [2.05, 4.69) is 57.8 Å². The van der Waals surface area contributed by atoms with Crippen molar-refractivity contribution in [2.45, 2.75) is 38.8 Å². The molecule has 1 aromatic heterocycles. The zero-order chi connectivity index (χ0) is 20.3. The van der Waals surface area contributed by atoms with Crippen molar-refractivity contribution in [3.63, 3.8) is 0 Å². The maximum absolute atomic E-state index is 11.5. The second-order valence-electron chi connectivity index (χ2n) is 8.51. The number of morpholine rings is 1. The van der Waals surface area contributed by atoms with Crippen LogP contribution in [0.4, 0.5) is 5.69 Å². The number of amides is 1. The summed E-state index contributed by atoms with van der Waals surface area (Å²) in [6, 6.07) is 11.2. The highest BCUT2D eigenvalue weighted by Gasteiger charge is 2.31. The smallest absolute Gasteiger partial charge is 0.217 e. The van der Waals surface area contributed by atoms with E-state index in [1.807, 2.05) is 11.3 Å². The van der Waals surface area contributed by atoms with Crippen LogP contribution in [0.15, 0.2) is 35.7 Å². The molecule has 0 radical (unpaired) electrons. The summed E-state index contributed by atoms with van der Waals surface area (Å²) in [6.07, 6.45) is 2.17. The summed E-state index contributed by atoms with van der Waals surface area (Å²) in [4.78, 5) is 17.8. The number of nitrogens with one attached hydrogen (secondary N) is 1. The van der Waals surface area contributed by atoms with Crippen LogP contribution in [0, 0.1) is 0 Å². The molecular formula is C23H31N3O2S. The summed E-state index contributed by atoms with van der Waals surface area (Å²) < 4.78 is 5.48. The minimum Gasteiger partial charge on any atom is -0.378 e. The molecule has 2 aliphatic rings. The van der Waals surface area contributed by atoms with Gasteiger partial charge in [-0.15, -0.1) is 11.3 Å². The van der Waals surface area contributed by atoms with Crippen LogP contribution in [0.5, 0.6) is 0 Å². The molecule has 1 amide bonds. The predicted octanol–water partition coefficient (Wildman–Crippen LogP) is 3.74. The average molecular weight is 414 g/mol. The first-order valence-corrected chi connectivity index (χ1v) is 11.4. The first-order chi connectivity index (χ1) is 14.0. The van der Waals surface area contributed by atoms with Crippen LogP contribution in [0.1, 0.15) is 31.6 Å². The van der Waals surface area contributed by atoms with Gasteiger partial charge in [0.2, 0.25) is 5.91 Å². The molecule has 156 valence electrons. The fourth-order valence-corrected chi connectivity index (χ4v) is 5.48. The number of rotatable bonds is 5. The SMILES string of the molecule is CC(=O)NC1(C)CCCN(Cc2cc(-c3cccc(N4CCOCC4)c3)cs2)C1. The maximum atomic E-state index is 11.5. The maximum Gasteiger partial charge on any atom is 0.217 e. The molecule has 6 heteroatoms. The molecule has 2 fully saturated rings. The average Bonchev–Trinajstić information content (AvgIpc) is 3.16. The lowest BCUT2D eigenvalue weighted by atomic mass is 9.91. The second kappa shape index (κ2) is 8.86. The summed E-state index contributed by atoms with van der Waals surface area (Å²) in [6.45, 7) is 10.3. The first-order valence-electron chi connectivity index (χ1n) is 10.5. The van der Waals surface area contributed by atoms with E-state index in [-0.39, 0.29) is 11.4 Å². The van der Waals surface area contributed by atoms with Crippen LogP contribution in [0.3, 0.4) is 0 Å². The van der Waals surface area contributed by atoms with Crippen molar-refractivity contribution in [2.75, 3.05) is 44.3 Å². The molecular weight excluding hydrogens is 382 g/mol. The number of hydrogen-bond donors (Lipinski definition) is 1. The van der Waals surface area contributed by atoms with E-state index >= 15 is 0 Å². The van der Waals surface area contributed by atoms with Gasteiger partial charge in [-0.05, 0) is 61.0 Å². The number of benzene rings is 1. The zero-order valence-electron chi connectivity index (χ0n) is 17.4. The third-order valence-electron chi connectivity index (χ3n) is 5.84. The van der Waals surface area contributed by atoms with Crippen molar-refractivity contribution < 1.29 is 9.53 Å². The minimum absolute atomic E-state index is 0.0629. The van der Waals surface area contributed by atoms with E-state index in [0.717, 1.165) is 58.8 Å². The molecule has 0 spiro atoms. The molecule has 5 nitrogen and oxygen atoms in total. The Bertz CT molecular complexity index is 846. The Labute approximate surface area is 177 Å². The van der Waals surface area contributed by atoms with E-state index in [1.165, 1.54) is 21.7 Å². The third-order valence-corrected chi connectivity index (χ3v) is 6.76. The predicted molar refractivity (Wildman–Crippen MR) is 120 cm³/mol. The first kappa shape index (κ1) is 20.4. The normalized spacial score (nSPS) is 23.2. The van der Waals surface area contributed by atoms with Crippen molar-refractivity contribution in [3.05, 3.63) is 40.6 Å².